The van der Waals surface area contributed by atoms with E-state index in [1.54, 1.807) is 0 Å². The molecule has 0 bridgehead atoms. The molecular formula is C15H26N4. The van der Waals surface area contributed by atoms with Crippen LogP contribution in [0.2, 0.25) is 0 Å². The van der Waals surface area contributed by atoms with E-state index in [1.165, 1.54) is 31.5 Å². The highest BCUT2D eigenvalue weighted by Crippen LogP contribution is 2.33. The monoisotopic (exact) mass is 262 g/mol. The van der Waals surface area contributed by atoms with E-state index < -0.39 is 0 Å². The SMILES string of the molecule is CC1CCC(C(CN)N2CCn3ccnc3C2)CC1. The first-order chi connectivity index (χ1) is 9.28. The van der Waals surface area contributed by atoms with Crippen molar-refractivity contribution in [2.75, 3.05) is 13.1 Å². The van der Waals surface area contributed by atoms with E-state index in [1.807, 2.05) is 6.20 Å². The third-order valence-corrected chi connectivity index (χ3v) is 5.09. The van der Waals surface area contributed by atoms with Crippen LogP contribution in [0, 0.1) is 11.8 Å². The number of imidazole rings is 1. The summed E-state index contributed by atoms with van der Waals surface area (Å²) >= 11 is 0. The third kappa shape index (κ3) is 2.70. The largest absolute Gasteiger partial charge is 0.333 e. The van der Waals surface area contributed by atoms with Gasteiger partial charge in [-0.05, 0) is 24.7 Å². The lowest BCUT2D eigenvalue weighted by Gasteiger charge is -2.41. The van der Waals surface area contributed by atoms with Crippen molar-refractivity contribution < 1.29 is 0 Å². The van der Waals surface area contributed by atoms with Crippen molar-refractivity contribution in [2.45, 2.75) is 51.7 Å². The van der Waals surface area contributed by atoms with Gasteiger partial charge in [-0.15, -0.1) is 0 Å². The Balaban J connectivity index is 1.66. The fourth-order valence-corrected chi connectivity index (χ4v) is 3.79. The Labute approximate surface area is 116 Å². The summed E-state index contributed by atoms with van der Waals surface area (Å²) in [5.74, 6) is 2.91. The Morgan fingerprint density at radius 2 is 2.11 bits per heavy atom. The summed E-state index contributed by atoms with van der Waals surface area (Å²) in [6.45, 7) is 6.33. The predicted octanol–water partition coefficient (Wildman–Crippen LogP) is 1.85. The van der Waals surface area contributed by atoms with Crippen LogP contribution in [0.1, 0.15) is 38.4 Å². The smallest absolute Gasteiger partial charge is 0.122 e. The number of nitrogens with two attached hydrogens (primary N) is 1. The van der Waals surface area contributed by atoms with Crippen molar-refractivity contribution in [2.24, 2.45) is 17.6 Å². The molecule has 1 aliphatic carbocycles. The normalized spacial score (nSPS) is 30.0. The van der Waals surface area contributed by atoms with Gasteiger partial charge in [-0.25, -0.2) is 4.98 Å². The first-order valence-electron chi connectivity index (χ1n) is 7.72. The van der Waals surface area contributed by atoms with Gasteiger partial charge in [-0.3, -0.25) is 4.90 Å². The van der Waals surface area contributed by atoms with Gasteiger partial charge in [-0.1, -0.05) is 19.8 Å². The van der Waals surface area contributed by atoms with E-state index in [9.17, 15) is 0 Å². The van der Waals surface area contributed by atoms with Gasteiger partial charge >= 0.3 is 0 Å². The summed E-state index contributed by atoms with van der Waals surface area (Å²) in [7, 11) is 0. The molecule has 2 aliphatic rings. The van der Waals surface area contributed by atoms with E-state index in [-0.39, 0.29) is 0 Å². The summed E-state index contributed by atoms with van der Waals surface area (Å²) in [4.78, 5) is 7.03. The summed E-state index contributed by atoms with van der Waals surface area (Å²) < 4.78 is 2.27. The van der Waals surface area contributed by atoms with Crippen molar-refractivity contribution in [3.8, 4) is 0 Å². The van der Waals surface area contributed by atoms with Crippen LogP contribution in [-0.2, 0) is 13.1 Å². The molecule has 1 aromatic rings. The average molecular weight is 262 g/mol. The average Bonchev–Trinajstić information content (AvgIpc) is 2.89. The molecule has 0 saturated heterocycles. The molecule has 3 rings (SSSR count). The van der Waals surface area contributed by atoms with Crippen molar-refractivity contribution in [3.05, 3.63) is 18.2 Å². The van der Waals surface area contributed by atoms with Gasteiger partial charge in [0.1, 0.15) is 5.82 Å². The molecule has 1 unspecified atom stereocenters. The molecule has 0 spiro atoms. The Morgan fingerprint density at radius 3 is 2.84 bits per heavy atom. The first-order valence-corrected chi connectivity index (χ1v) is 7.72. The quantitative estimate of drug-likeness (QED) is 0.904. The van der Waals surface area contributed by atoms with Crippen molar-refractivity contribution >= 4 is 0 Å². The van der Waals surface area contributed by atoms with Crippen LogP contribution in [0.25, 0.3) is 0 Å². The van der Waals surface area contributed by atoms with Crippen LogP contribution < -0.4 is 5.73 Å². The van der Waals surface area contributed by atoms with Gasteiger partial charge < -0.3 is 10.3 Å². The van der Waals surface area contributed by atoms with Crippen molar-refractivity contribution in [3.63, 3.8) is 0 Å². The predicted molar refractivity (Wildman–Crippen MR) is 76.6 cm³/mol. The van der Waals surface area contributed by atoms with Gasteiger partial charge in [0, 0.05) is 38.1 Å². The molecule has 2 N–H and O–H groups in total. The second-order valence-corrected chi connectivity index (χ2v) is 6.33. The molecule has 4 heteroatoms. The zero-order valence-electron chi connectivity index (χ0n) is 12.0. The molecular weight excluding hydrogens is 236 g/mol. The highest BCUT2D eigenvalue weighted by atomic mass is 15.3. The summed E-state index contributed by atoms with van der Waals surface area (Å²) in [6.07, 6.45) is 9.47. The molecule has 1 fully saturated rings. The number of fused-ring (bicyclic) bond motifs is 1. The van der Waals surface area contributed by atoms with Crippen LogP contribution >= 0.6 is 0 Å². The van der Waals surface area contributed by atoms with Gasteiger partial charge in [-0.2, -0.15) is 0 Å². The second-order valence-electron chi connectivity index (χ2n) is 6.33. The second kappa shape index (κ2) is 5.63. The molecule has 1 aromatic heterocycles. The molecule has 0 amide bonds. The van der Waals surface area contributed by atoms with E-state index in [0.29, 0.717) is 6.04 Å². The molecule has 0 aromatic carbocycles. The number of rotatable bonds is 3. The van der Waals surface area contributed by atoms with Crippen molar-refractivity contribution in [1.29, 1.82) is 0 Å². The molecule has 4 nitrogen and oxygen atoms in total. The van der Waals surface area contributed by atoms with Gasteiger partial charge in [0.15, 0.2) is 0 Å². The molecule has 19 heavy (non-hydrogen) atoms. The van der Waals surface area contributed by atoms with Crippen LogP contribution in [-0.4, -0.2) is 33.6 Å². The summed E-state index contributed by atoms with van der Waals surface area (Å²) in [5.41, 5.74) is 6.10. The zero-order chi connectivity index (χ0) is 13.2. The van der Waals surface area contributed by atoms with E-state index in [0.717, 1.165) is 38.0 Å². The topological polar surface area (TPSA) is 47.1 Å². The lowest BCUT2D eigenvalue weighted by atomic mass is 9.78. The van der Waals surface area contributed by atoms with Crippen LogP contribution in [0.5, 0.6) is 0 Å². The lowest BCUT2D eigenvalue weighted by molar-refractivity contribution is 0.0860. The number of hydrogen-bond acceptors (Lipinski definition) is 3. The van der Waals surface area contributed by atoms with Crippen LogP contribution in [0.3, 0.4) is 0 Å². The maximum absolute atomic E-state index is 6.10. The zero-order valence-corrected chi connectivity index (χ0v) is 12.0. The molecule has 1 saturated carbocycles. The molecule has 106 valence electrons. The van der Waals surface area contributed by atoms with Gasteiger partial charge in [0.25, 0.3) is 0 Å². The highest BCUT2D eigenvalue weighted by Gasteiger charge is 2.31. The van der Waals surface area contributed by atoms with E-state index in [2.05, 4.69) is 27.6 Å². The lowest BCUT2D eigenvalue weighted by Crippen LogP contribution is -2.49. The molecule has 1 aliphatic heterocycles. The fraction of sp³-hybridized carbons (Fsp3) is 0.800. The maximum Gasteiger partial charge on any atom is 0.122 e. The van der Waals surface area contributed by atoms with Gasteiger partial charge in [0.2, 0.25) is 0 Å². The minimum atomic E-state index is 0.554. The Bertz CT molecular complexity index is 406. The number of hydrogen-bond donors (Lipinski definition) is 1. The van der Waals surface area contributed by atoms with Gasteiger partial charge in [0.05, 0.1) is 6.54 Å². The van der Waals surface area contributed by atoms with Crippen LogP contribution in [0.15, 0.2) is 12.4 Å². The van der Waals surface area contributed by atoms with Crippen molar-refractivity contribution in [1.82, 2.24) is 14.5 Å². The molecule has 2 heterocycles. The molecule has 1 atom stereocenters. The number of aromatic nitrogens is 2. The fourth-order valence-electron chi connectivity index (χ4n) is 3.79. The Kier molecular flexibility index (Phi) is 3.89. The van der Waals surface area contributed by atoms with E-state index >= 15 is 0 Å². The Hall–Kier alpha value is -0.870. The summed E-state index contributed by atoms with van der Waals surface area (Å²) in [6, 6.07) is 0.554. The Morgan fingerprint density at radius 1 is 1.32 bits per heavy atom. The minimum Gasteiger partial charge on any atom is -0.333 e. The number of nitrogens with zero attached hydrogens (tertiary/aromatic N) is 3. The van der Waals surface area contributed by atoms with Crippen LogP contribution in [0.4, 0.5) is 0 Å². The molecule has 0 radical (unpaired) electrons. The van der Waals surface area contributed by atoms with E-state index in [4.69, 9.17) is 5.73 Å². The standard InChI is InChI=1S/C15H26N4/c1-12-2-4-13(5-3-12)14(10-16)19-9-8-18-7-6-17-15(18)11-19/h6-7,12-14H,2-5,8-11,16H2,1H3. The highest BCUT2D eigenvalue weighted by molar-refractivity contribution is 4.98. The first kappa shape index (κ1) is 13.1. The summed E-state index contributed by atoms with van der Waals surface area (Å²) in [5, 5.41) is 0. The minimum absolute atomic E-state index is 0.554. The third-order valence-electron chi connectivity index (χ3n) is 5.09. The maximum atomic E-state index is 6.10.